The Bertz CT molecular complexity index is 1140. The zero-order chi connectivity index (χ0) is 22.2. The van der Waals surface area contributed by atoms with Gasteiger partial charge in [-0.1, -0.05) is 0 Å². The quantitative estimate of drug-likeness (QED) is 0.345. The van der Waals surface area contributed by atoms with Crippen molar-refractivity contribution in [1.82, 2.24) is 24.5 Å². The Balaban J connectivity index is 1.43. The average molecular weight is 452 g/mol. The van der Waals surface area contributed by atoms with E-state index in [-0.39, 0.29) is 22.5 Å². The van der Waals surface area contributed by atoms with Crippen LogP contribution in [0.15, 0.2) is 37.2 Å². The molecule has 1 fully saturated rings. The number of nitrogens with two attached hydrogens (primary N) is 1. The molecule has 0 spiro atoms. The number of hydrogen-bond acceptors (Lipinski definition) is 12. The van der Waals surface area contributed by atoms with Crippen molar-refractivity contribution in [2.24, 2.45) is 0 Å². The number of pyridine rings is 1. The first kappa shape index (κ1) is 21.2. The van der Waals surface area contributed by atoms with E-state index in [0.29, 0.717) is 0 Å². The minimum atomic E-state index is -4.84. The van der Waals surface area contributed by atoms with Gasteiger partial charge < -0.3 is 25.2 Å². The Labute approximate surface area is 173 Å². The molecule has 0 aromatic carbocycles. The van der Waals surface area contributed by atoms with Crippen LogP contribution in [-0.2, 0) is 18.3 Å². The van der Waals surface area contributed by atoms with Crippen LogP contribution in [0, 0.1) is 0 Å². The molecule has 0 saturated carbocycles. The van der Waals surface area contributed by atoms with E-state index < -0.39 is 44.9 Å². The van der Waals surface area contributed by atoms with Gasteiger partial charge in [0.1, 0.15) is 30.2 Å². The van der Waals surface area contributed by atoms with E-state index in [2.05, 4.69) is 24.5 Å². The summed E-state index contributed by atoms with van der Waals surface area (Å²) in [7, 11) is -4.84. The van der Waals surface area contributed by atoms with Crippen molar-refractivity contribution < 1.29 is 38.3 Å². The van der Waals surface area contributed by atoms with Crippen LogP contribution >= 0.6 is 7.82 Å². The molecule has 4 rings (SSSR count). The Morgan fingerprint density at radius 3 is 2.84 bits per heavy atom. The lowest BCUT2D eigenvalue weighted by Gasteiger charge is -2.17. The molecule has 0 radical (unpaired) electrons. The van der Waals surface area contributed by atoms with Crippen LogP contribution in [0.4, 0.5) is 5.82 Å². The summed E-state index contributed by atoms with van der Waals surface area (Å²) in [5, 5.41) is 20.7. The van der Waals surface area contributed by atoms with E-state index in [0.717, 1.165) is 6.20 Å². The second kappa shape index (κ2) is 8.26. The number of aliphatic hydroxyl groups is 2. The fourth-order valence-corrected chi connectivity index (χ4v) is 3.69. The molecule has 164 valence electrons. The second-order valence-corrected chi connectivity index (χ2v) is 7.89. The molecule has 3 unspecified atom stereocenters. The summed E-state index contributed by atoms with van der Waals surface area (Å²) < 4.78 is 28.3. The van der Waals surface area contributed by atoms with Gasteiger partial charge in [-0.2, -0.15) is 0 Å². The third kappa shape index (κ3) is 4.25. The van der Waals surface area contributed by atoms with E-state index in [1.54, 1.807) is 0 Å². The molecule has 14 nitrogen and oxygen atoms in total. The fraction of sp³-hybridized carbons (Fsp3) is 0.312. The van der Waals surface area contributed by atoms with Gasteiger partial charge in [0.25, 0.3) is 0 Å². The van der Waals surface area contributed by atoms with Crippen LogP contribution in [0.1, 0.15) is 16.6 Å². The lowest BCUT2D eigenvalue weighted by molar-refractivity contribution is -0.0508. The highest BCUT2D eigenvalue weighted by Gasteiger charge is 2.45. The molecule has 1 aliphatic rings. The molecule has 31 heavy (non-hydrogen) atoms. The lowest BCUT2D eigenvalue weighted by atomic mass is 10.1. The summed E-state index contributed by atoms with van der Waals surface area (Å²) in [5.41, 5.74) is 6.20. The van der Waals surface area contributed by atoms with E-state index >= 15 is 0 Å². The van der Waals surface area contributed by atoms with Gasteiger partial charge in [0.05, 0.1) is 18.5 Å². The molecule has 0 amide bonds. The van der Waals surface area contributed by atoms with Gasteiger partial charge >= 0.3 is 13.8 Å². The highest BCUT2D eigenvalue weighted by Crippen LogP contribution is 2.45. The monoisotopic (exact) mass is 452 g/mol. The topological polar surface area (TPSA) is 205 Å². The van der Waals surface area contributed by atoms with Gasteiger partial charge in [-0.3, -0.25) is 19.0 Å². The van der Waals surface area contributed by atoms with Crippen molar-refractivity contribution in [2.45, 2.75) is 24.5 Å². The average Bonchev–Trinajstić information content (AvgIpc) is 3.29. The molecular formula is C16H17N6O8P. The van der Waals surface area contributed by atoms with E-state index in [1.165, 1.54) is 35.6 Å². The summed E-state index contributed by atoms with van der Waals surface area (Å²) in [6.45, 7) is -0.660. The Morgan fingerprint density at radius 1 is 1.29 bits per heavy atom. The molecule has 1 aliphatic heterocycles. The van der Waals surface area contributed by atoms with E-state index in [9.17, 15) is 24.5 Å². The van der Waals surface area contributed by atoms with Crippen molar-refractivity contribution in [3.05, 3.63) is 42.7 Å². The van der Waals surface area contributed by atoms with Gasteiger partial charge in [-0.15, -0.1) is 0 Å². The summed E-state index contributed by atoms with van der Waals surface area (Å²) in [4.78, 5) is 37.3. The molecule has 5 atom stereocenters. The molecule has 3 aromatic rings. The van der Waals surface area contributed by atoms with E-state index in [1.807, 2.05) is 0 Å². The molecule has 4 heterocycles. The van der Waals surface area contributed by atoms with Crippen LogP contribution in [0.3, 0.4) is 0 Å². The first-order valence-corrected chi connectivity index (χ1v) is 10.3. The van der Waals surface area contributed by atoms with Crippen LogP contribution in [-0.4, -0.2) is 70.5 Å². The van der Waals surface area contributed by atoms with Crippen molar-refractivity contribution in [3.63, 3.8) is 0 Å². The van der Waals surface area contributed by atoms with Crippen LogP contribution < -0.4 is 5.73 Å². The molecule has 0 aliphatic carbocycles. The number of fused-ring (bicyclic) bond motifs is 1. The van der Waals surface area contributed by atoms with Crippen LogP contribution in [0.25, 0.3) is 11.2 Å². The van der Waals surface area contributed by atoms with Gasteiger partial charge in [0.2, 0.25) is 0 Å². The summed E-state index contributed by atoms with van der Waals surface area (Å²) in [5.74, 6) is -1.000. The third-order valence-corrected chi connectivity index (χ3v) is 5.37. The molecular weight excluding hydrogens is 435 g/mol. The number of imidazole rings is 1. The second-order valence-electron chi connectivity index (χ2n) is 6.51. The maximum Gasteiger partial charge on any atom is 0.529 e. The van der Waals surface area contributed by atoms with Crippen molar-refractivity contribution >= 4 is 30.8 Å². The number of nitrogen functional groups attached to an aromatic ring is 1. The minimum Gasteiger partial charge on any atom is -0.387 e. The molecule has 0 bridgehead atoms. The largest absolute Gasteiger partial charge is 0.529 e. The summed E-state index contributed by atoms with van der Waals surface area (Å²) in [6, 6.07) is 2.79. The van der Waals surface area contributed by atoms with Crippen LogP contribution in [0.5, 0.6) is 0 Å². The van der Waals surface area contributed by atoms with Gasteiger partial charge in [-0.05, 0) is 12.1 Å². The van der Waals surface area contributed by atoms with Crippen molar-refractivity contribution in [3.8, 4) is 0 Å². The number of rotatable bonds is 6. The maximum atomic E-state index is 12.1. The normalized spacial score (nSPS) is 25.4. The fourth-order valence-electron chi connectivity index (χ4n) is 2.99. The number of carbonyl (C=O) groups excluding carboxylic acids is 1. The van der Waals surface area contributed by atoms with Crippen molar-refractivity contribution in [2.75, 3.05) is 12.3 Å². The van der Waals surface area contributed by atoms with E-state index in [4.69, 9.17) is 15.0 Å². The van der Waals surface area contributed by atoms with Crippen molar-refractivity contribution in [1.29, 1.82) is 0 Å². The number of nitrogens with zero attached hydrogens (tertiary/aromatic N) is 5. The third-order valence-electron chi connectivity index (χ3n) is 4.50. The number of hydrogen-bond donors (Lipinski definition) is 4. The predicted octanol–water partition coefficient (Wildman–Crippen LogP) is -0.603. The smallest absolute Gasteiger partial charge is 0.387 e. The molecule has 1 saturated heterocycles. The SMILES string of the molecule is Nc1ncnc2c1ncn2[C@@H]1O[C@H](COP(=O)(O)OC(=O)c2cccnc2)C(O)C1O. The number of aromatic nitrogens is 5. The predicted molar refractivity (Wildman–Crippen MR) is 101 cm³/mol. The summed E-state index contributed by atoms with van der Waals surface area (Å²) in [6.07, 6.45) is -0.240. The van der Waals surface area contributed by atoms with Gasteiger partial charge in [0, 0.05) is 12.4 Å². The number of ether oxygens (including phenoxy) is 1. The lowest BCUT2D eigenvalue weighted by Crippen LogP contribution is -2.33. The zero-order valence-electron chi connectivity index (χ0n) is 15.6. The molecule has 15 heteroatoms. The number of phosphoric acid groups is 1. The van der Waals surface area contributed by atoms with Gasteiger partial charge in [-0.25, -0.2) is 24.3 Å². The maximum absolute atomic E-state index is 12.1. The number of aliphatic hydroxyl groups excluding tert-OH is 2. The Hall–Kier alpha value is -3.00. The first-order chi connectivity index (χ1) is 14.8. The number of carbonyl (C=O) groups is 1. The standard InChI is InChI=1S/C16H17N6O8P/c17-13-10-14(20-6-19-13)22(7-21-10)15-12(24)11(23)9(29-15)5-28-31(26,27)30-16(25)8-2-1-3-18-4-8/h1-4,6-7,9,11-12,15,23-24H,5H2,(H,26,27)(H2,17,19,20)/t9-,11?,12?,15-/m1/s1. The first-order valence-electron chi connectivity index (χ1n) is 8.83. The van der Waals surface area contributed by atoms with Crippen LogP contribution in [0.2, 0.25) is 0 Å². The molecule has 3 aromatic heterocycles. The molecule has 5 N–H and O–H groups in total. The Morgan fingerprint density at radius 2 is 2.10 bits per heavy atom. The highest BCUT2D eigenvalue weighted by atomic mass is 31.2. The number of phosphoric ester groups is 1. The summed E-state index contributed by atoms with van der Waals surface area (Å²) >= 11 is 0. The zero-order valence-corrected chi connectivity index (χ0v) is 16.5. The van der Waals surface area contributed by atoms with Gasteiger partial charge in [0.15, 0.2) is 17.7 Å². The number of anilines is 1. The minimum absolute atomic E-state index is 0.0544. The Kier molecular flexibility index (Phi) is 5.66. The highest BCUT2D eigenvalue weighted by molar-refractivity contribution is 7.48.